The van der Waals surface area contributed by atoms with Crippen LogP contribution in [0.3, 0.4) is 0 Å². The Hall–Kier alpha value is -1.06. The molecule has 1 N–H and O–H groups in total. The third kappa shape index (κ3) is 3.95. The minimum Gasteiger partial charge on any atom is -0.352 e. The summed E-state index contributed by atoms with van der Waals surface area (Å²) in [5.41, 5.74) is 0.668. The number of halogens is 3. The number of aromatic nitrogens is 1. The third-order valence-electron chi connectivity index (χ3n) is 2.55. The smallest absolute Gasteiger partial charge is 0.352 e. The van der Waals surface area contributed by atoms with Gasteiger partial charge in [-0.05, 0) is 13.1 Å². The zero-order valence-corrected chi connectivity index (χ0v) is 11.6. The molecule has 0 saturated heterocycles. The van der Waals surface area contributed by atoms with Crippen molar-refractivity contribution >= 4 is 10.0 Å². The van der Waals surface area contributed by atoms with E-state index in [9.17, 15) is 21.6 Å². The first kappa shape index (κ1) is 16.0. The lowest BCUT2D eigenvalue weighted by Gasteiger charge is -2.17. The van der Waals surface area contributed by atoms with Gasteiger partial charge in [0.1, 0.15) is 11.4 Å². The Labute approximate surface area is 110 Å². The molecule has 0 radical (unpaired) electrons. The van der Waals surface area contributed by atoms with Crippen molar-refractivity contribution in [2.24, 2.45) is 7.05 Å². The molecule has 0 aliphatic carbocycles. The van der Waals surface area contributed by atoms with Crippen LogP contribution in [0.25, 0.3) is 0 Å². The maximum Gasteiger partial charge on any atom is 0.402 e. The molecular formula is C10H16F3N3O2S. The zero-order valence-electron chi connectivity index (χ0n) is 10.8. The van der Waals surface area contributed by atoms with Gasteiger partial charge in [0.25, 0.3) is 0 Å². The summed E-state index contributed by atoms with van der Waals surface area (Å²) in [6.45, 7) is -1.08. The minimum absolute atomic E-state index is 0.146. The fraction of sp³-hybridized carbons (Fsp3) is 0.600. The van der Waals surface area contributed by atoms with Gasteiger partial charge in [-0.15, -0.1) is 0 Å². The van der Waals surface area contributed by atoms with E-state index >= 15 is 0 Å². The molecule has 1 aromatic rings. The van der Waals surface area contributed by atoms with Gasteiger partial charge in [-0.1, -0.05) is 0 Å². The van der Waals surface area contributed by atoms with Crippen LogP contribution in [0, 0.1) is 0 Å². The normalized spacial score (nSPS) is 13.2. The number of nitrogens with one attached hydrogen (secondary N) is 1. The van der Waals surface area contributed by atoms with Gasteiger partial charge in [-0.25, -0.2) is 8.42 Å². The Bertz CT molecular complexity index is 537. The topological polar surface area (TPSA) is 54.3 Å². The molecule has 0 unspecified atom stereocenters. The molecule has 0 aliphatic rings. The highest BCUT2D eigenvalue weighted by atomic mass is 32.2. The van der Waals surface area contributed by atoms with Crippen LogP contribution in [0.1, 0.15) is 5.69 Å². The van der Waals surface area contributed by atoms with Crippen LogP contribution in [0.2, 0.25) is 0 Å². The molecule has 0 saturated carbocycles. The molecule has 0 amide bonds. The molecule has 5 nitrogen and oxygen atoms in total. The Morgan fingerprint density at radius 2 is 2.00 bits per heavy atom. The Morgan fingerprint density at radius 3 is 2.47 bits per heavy atom. The molecule has 1 heterocycles. The molecule has 9 heteroatoms. The van der Waals surface area contributed by atoms with Crippen LogP contribution < -0.4 is 5.32 Å². The van der Waals surface area contributed by atoms with E-state index in [1.807, 2.05) is 0 Å². The van der Waals surface area contributed by atoms with Crippen molar-refractivity contribution in [3.63, 3.8) is 0 Å². The van der Waals surface area contributed by atoms with Crippen LogP contribution in [-0.4, -0.2) is 44.1 Å². The van der Waals surface area contributed by atoms with E-state index in [4.69, 9.17) is 0 Å². The molecule has 110 valence electrons. The van der Waals surface area contributed by atoms with E-state index in [2.05, 4.69) is 5.32 Å². The van der Waals surface area contributed by atoms with Crippen molar-refractivity contribution in [1.82, 2.24) is 14.2 Å². The maximum absolute atomic E-state index is 12.2. The lowest BCUT2D eigenvalue weighted by Crippen LogP contribution is -2.35. The number of aryl methyl sites for hydroxylation is 1. The summed E-state index contributed by atoms with van der Waals surface area (Å²) in [6.07, 6.45) is -3.26. The van der Waals surface area contributed by atoms with Gasteiger partial charge in [-0.3, -0.25) is 0 Å². The molecule has 1 rings (SSSR count). The zero-order chi connectivity index (χ0) is 14.8. The monoisotopic (exact) mass is 299 g/mol. The van der Waals surface area contributed by atoms with Gasteiger partial charge in [0.15, 0.2) is 0 Å². The predicted molar refractivity (Wildman–Crippen MR) is 64.0 cm³/mol. The van der Waals surface area contributed by atoms with Crippen LogP contribution in [0.4, 0.5) is 13.2 Å². The van der Waals surface area contributed by atoms with Crippen molar-refractivity contribution in [3.8, 4) is 0 Å². The summed E-state index contributed by atoms with van der Waals surface area (Å²) >= 11 is 0. The van der Waals surface area contributed by atoms with E-state index in [0.29, 0.717) is 16.5 Å². The van der Waals surface area contributed by atoms with Crippen molar-refractivity contribution in [2.45, 2.75) is 17.6 Å². The Balaban J connectivity index is 3.03. The van der Waals surface area contributed by atoms with Gasteiger partial charge in [0.05, 0.1) is 0 Å². The average molecular weight is 299 g/mol. The first-order valence-electron chi connectivity index (χ1n) is 5.41. The molecule has 0 aliphatic heterocycles. The minimum atomic E-state index is -4.57. The van der Waals surface area contributed by atoms with Gasteiger partial charge < -0.3 is 9.88 Å². The second-order valence-corrected chi connectivity index (χ2v) is 6.23. The summed E-state index contributed by atoms with van der Waals surface area (Å²) in [6, 6.07) is 1.36. The second-order valence-electron chi connectivity index (χ2n) is 4.18. The summed E-state index contributed by atoms with van der Waals surface area (Å²) in [5.74, 6) is 0. The lowest BCUT2D eigenvalue weighted by atomic mass is 10.4. The van der Waals surface area contributed by atoms with Gasteiger partial charge in [0, 0.05) is 32.5 Å². The van der Waals surface area contributed by atoms with E-state index in [0.717, 1.165) is 7.05 Å². The van der Waals surface area contributed by atoms with Crippen molar-refractivity contribution < 1.29 is 21.6 Å². The van der Waals surface area contributed by atoms with Crippen molar-refractivity contribution in [2.75, 3.05) is 20.6 Å². The molecule has 1 aromatic heterocycles. The number of hydrogen-bond acceptors (Lipinski definition) is 3. The highest BCUT2D eigenvalue weighted by Crippen LogP contribution is 2.22. The molecule has 19 heavy (non-hydrogen) atoms. The van der Waals surface area contributed by atoms with E-state index in [1.165, 1.54) is 12.3 Å². The largest absolute Gasteiger partial charge is 0.402 e. The Morgan fingerprint density at radius 1 is 1.42 bits per heavy atom. The summed E-state index contributed by atoms with van der Waals surface area (Å²) in [7, 11) is 0.109. The van der Waals surface area contributed by atoms with Crippen LogP contribution in [0.5, 0.6) is 0 Å². The number of nitrogens with zero attached hydrogens (tertiary/aromatic N) is 2. The molecule has 0 bridgehead atoms. The first-order chi connectivity index (χ1) is 8.58. The standard InChI is InChI=1S/C10H16F3N3O2S/c1-14-5-8-4-9(6-15(8)2)19(17,18)16(3)7-10(11,12)13/h4,6,14H,5,7H2,1-3H3. The van der Waals surface area contributed by atoms with E-state index < -0.39 is 22.7 Å². The number of sulfonamides is 1. The number of hydrogen-bond donors (Lipinski definition) is 1. The van der Waals surface area contributed by atoms with Crippen molar-refractivity contribution in [3.05, 3.63) is 18.0 Å². The van der Waals surface area contributed by atoms with E-state index in [-0.39, 0.29) is 4.90 Å². The van der Waals surface area contributed by atoms with Crippen LogP contribution in [0.15, 0.2) is 17.2 Å². The van der Waals surface area contributed by atoms with E-state index in [1.54, 1.807) is 18.7 Å². The summed E-state index contributed by atoms with van der Waals surface area (Å²) in [4.78, 5) is -0.146. The Kier molecular flexibility index (Phi) is 4.64. The quantitative estimate of drug-likeness (QED) is 0.880. The third-order valence-corrected chi connectivity index (χ3v) is 4.32. The van der Waals surface area contributed by atoms with Gasteiger partial charge in [-0.2, -0.15) is 17.5 Å². The predicted octanol–water partition coefficient (Wildman–Crippen LogP) is 0.927. The highest BCUT2D eigenvalue weighted by molar-refractivity contribution is 7.89. The van der Waals surface area contributed by atoms with Crippen LogP contribution >= 0.6 is 0 Å². The SMILES string of the molecule is CNCc1cc(S(=O)(=O)N(C)CC(F)(F)F)cn1C. The summed E-state index contributed by atoms with van der Waals surface area (Å²) < 4.78 is 62.5. The van der Waals surface area contributed by atoms with Crippen molar-refractivity contribution in [1.29, 1.82) is 0 Å². The highest BCUT2D eigenvalue weighted by Gasteiger charge is 2.35. The fourth-order valence-corrected chi connectivity index (χ4v) is 2.84. The fourth-order valence-electron chi connectivity index (χ4n) is 1.59. The molecular weight excluding hydrogens is 283 g/mol. The summed E-state index contributed by atoms with van der Waals surface area (Å²) in [5, 5.41) is 2.85. The van der Waals surface area contributed by atoms with Crippen LogP contribution in [-0.2, 0) is 23.6 Å². The second kappa shape index (κ2) is 5.51. The molecule has 0 fully saturated rings. The number of alkyl halides is 3. The molecule has 0 atom stereocenters. The average Bonchev–Trinajstić information content (AvgIpc) is 2.59. The van der Waals surface area contributed by atoms with Gasteiger partial charge >= 0.3 is 6.18 Å². The number of rotatable bonds is 5. The first-order valence-corrected chi connectivity index (χ1v) is 6.85. The molecule has 0 spiro atoms. The molecule has 0 aromatic carbocycles. The maximum atomic E-state index is 12.2. The lowest BCUT2D eigenvalue weighted by molar-refractivity contribution is -0.134. The van der Waals surface area contributed by atoms with Gasteiger partial charge in [0.2, 0.25) is 10.0 Å².